The minimum atomic E-state index is -0.770. The maximum absolute atomic E-state index is 13.6. The second-order valence-corrected chi connectivity index (χ2v) is 8.44. The van der Waals surface area contributed by atoms with Crippen LogP contribution in [0.4, 0.5) is 0 Å². The van der Waals surface area contributed by atoms with Gasteiger partial charge in [-0.1, -0.05) is 55.5 Å². The van der Waals surface area contributed by atoms with Crippen LogP contribution >= 0.6 is 0 Å². The van der Waals surface area contributed by atoms with Gasteiger partial charge in [0.1, 0.15) is 11.7 Å². The second kappa shape index (κ2) is 11.3. The molecular formula is C28H23N4NaO2. The maximum Gasteiger partial charge on any atom is 1.00 e. The molecule has 1 aliphatic rings. The van der Waals surface area contributed by atoms with E-state index in [0.29, 0.717) is 11.1 Å². The number of ketones is 1. The number of carbonyl (C=O) groups is 2. The average Bonchev–Trinajstić information content (AvgIpc) is 2.87. The van der Waals surface area contributed by atoms with E-state index in [4.69, 9.17) is 0 Å². The minimum Gasteiger partial charge on any atom is -0.323 e. The number of carbonyl (C=O) groups excluding carboxylic acids is 2. The van der Waals surface area contributed by atoms with Crippen LogP contribution in [0.3, 0.4) is 0 Å². The van der Waals surface area contributed by atoms with Gasteiger partial charge in [-0.3, -0.25) is 9.78 Å². The number of benzene rings is 2. The fraction of sp³-hybridized carbons (Fsp3) is 0.214. The molecule has 2 aromatic carbocycles. The molecule has 4 rings (SSSR count). The first kappa shape index (κ1) is 26.2. The Labute approximate surface area is 227 Å². The standard InChI is InChI=1S/C28H23N4O2.Na/c1-18(15-25(33)32-14-12-21-8-3-5-9-22(21)24(32)17-30)26(19(2)16-29)28(34)27-23-10-6-4-7-20(23)11-13-31-27;/h3-15,18-19,24,26H,1-2H3;/q-1;+1. The van der Waals surface area contributed by atoms with Gasteiger partial charge in [0.2, 0.25) is 0 Å². The first-order chi connectivity index (χ1) is 16.5. The third-order valence-corrected chi connectivity index (χ3v) is 6.28. The zero-order valence-corrected chi connectivity index (χ0v) is 21.9. The summed E-state index contributed by atoms with van der Waals surface area (Å²) in [5, 5.41) is 21.0. The third-order valence-electron chi connectivity index (χ3n) is 6.28. The van der Waals surface area contributed by atoms with Gasteiger partial charge in [0.05, 0.1) is 24.0 Å². The number of aromatic nitrogens is 1. The molecule has 2 heterocycles. The number of pyridine rings is 1. The van der Waals surface area contributed by atoms with Gasteiger partial charge in [0.25, 0.3) is 0 Å². The molecule has 0 aliphatic carbocycles. The Hall–Kier alpha value is -3.42. The molecule has 7 heteroatoms. The molecule has 6 nitrogen and oxygen atoms in total. The van der Waals surface area contributed by atoms with Crippen LogP contribution in [0.5, 0.6) is 0 Å². The first-order valence-electron chi connectivity index (χ1n) is 11.1. The van der Waals surface area contributed by atoms with Gasteiger partial charge in [-0.15, -0.1) is 5.92 Å². The summed E-state index contributed by atoms with van der Waals surface area (Å²) in [6, 6.07) is 20.3. The van der Waals surface area contributed by atoms with E-state index in [1.807, 2.05) is 54.6 Å². The summed E-state index contributed by atoms with van der Waals surface area (Å²) < 4.78 is 0. The molecule has 1 aromatic heterocycles. The number of nitriles is 2. The Balaban J connectivity index is 0.00000342. The van der Waals surface area contributed by atoms with Crippen molar-refractivity contribution in [1.29, 1.82) is 10.5 Å². The van der Waals surface area contributed by atoms with E-state index in [9.17, 15) is 20.1 Å². The van der Waals surface area contributed by atoms with Crippen molar-refractivity contribution in [3.8, 4) is 12.1 Å². The predicted molar refractivity (Wildman–Crippen MR) is 128 cm³/mol. The number of Topliss-reactive ketones (excluding diaryl/α,β-unsaturated/α-hetero) is 1. The molecule has 168 valence electrons. The van der Waals surface area contributed by atoms with Crippen molar-refractivity contribution >= 4 is 28.5 Å². The molecule has 1 aliphatic heterocycles. The summed E-state index contributed by atoms with van der Waals surface area (Å²) in [5.41, 5.74) is 1.93. The van der Waals surface area contributed by atoms with Gasteiger partial charge in [0, 0.05) is 23.7 Å². The number of nitrogens with zero attached hydrogens (tertiary/aromatic N) is 4. The Morgan fingerprint density at radius 2 is 1.77 bits per heavy atom. The number of hydrogen-bond donors (Lipinski definition) is 0. The molecule has 4 atom stereocenters. The molecule has 0 saturated heterocycles. The molecule has 4 unspecified atom stereocenters. The minimum absolute atomic E-state index is 0. The van der Waals surface area contributed by atoms with Crippen LogP contribution in [0.1, 0.15) is 41.5 Å². The van der Waals surface area contributed by atoms with Crippen LogP contribution in [0.2, 0.25) is 0 Å². The Bertz CT molecular complexity index is 1370. The molecule has 0 saturated carbocycles. The quantitative estimate of drug-likeness (QED) is 0.312. The maximum atomic E-state index is 13.6. The van der Waals surface area contributed by atoms with Crippen molar-refractivity contribution in [2.45, 2.75) is 19.9 Å². The number of hydrogen-bond acceptors (Lipinski definition) is 5. The molecule has 1 amide bonds. The summed E-state index contributed by atoms with van der Waals surface area (Å²) in [5.74, 6) is -2.64. The van der Waals surface area contributed by atoms with Gasteiger partial charge < -0.3 is 16.1 Å². The largest absolute Gasteiger partial charge is 1.00 e. The summed E-state index contributed by atoms with van der Waals surface area (Å²) >= 11 is 0. The second-order valence-electron chi connectivity index (χ2n) is 8.44. The smallest absolute Gasteiger partial charge is 0.323 e. The van der Waals surface area contributed by atoms with Crippen LogP contribution < -0.4 is 29.6 Å². The van der Waals surface area contributed by atoms with E-state index in [-0.39, 0.29) is 35.3 Å². The third kappa shape index (κ3) is 5.16. The van der Waals surface area contributed by atoms with Gasteiger partial charge in [-0.2, -0.15) is 10.5 Å². The molecule has 3 aromatic rings. The van der Waals surface area contributed by atoms with Crippen molar-refractivity contribution in [3.63, 3.8) is 0 Å². The van der Waals surface area contributed by atoms with Gasteiger partial charge in [-0.25, -0.2) is 0 Å². The summed E-state index contributed by atoms with van der Waals surface area (Å²) in [4.78, 5) is 32.5. The average molecular weight is 471 g/mol. The van der Waals surface area contributed by atoms with Crippen molar-refractivity contribution in [2.24, 2.45) is 17.8 Å². The first-order valence-corrected chi connectivity index (χ1v) is 11.1. The molecular weight excluding hydrogens is 447 g/mol. The van der Waals surface area contributed by atoms with E-state index < -0.39 is 29.7 Å². The van der Waals surface area contributed by atoms with E-state index in [1.54, 1.807) is 32.3 Å². The summed E-state index contributed by atoms with van der Waals surface area (Å²) in [6.07, 6.45) is 6.40. The Kier molecular flexibility index (Phi) is 8.48. The number of rotatable bonds is 6. The zero-order chi connectivity index (χ0) is 24.2. The fourth-order valence-corrected chi connectivity index (χ4v) is 4.53. The number of fused-ring (bicyclic) bond motifs is 2. The van der Waals surface area contributed by atoms with Crippen molar-refractivity contribution in [1.82, 2.24) is 9.88 Å². The monoisotopic (exact) mass is 470 g/mol. The molecule has 0 N–H and O–H groups in total. The summed E-state index contributed by atoms with van der Waals surface area (Å²) in [6.45, 7) is 3.43. The van der Waals surface area contributed by atoms with Crippen molar-refractivity contribution in [3.05, 3.63) is 90.2 Å². The van der Waals surface area contributed by atoms with Crippen LogP contribution in [0.25, 0.3) is 16.8 Å². The molecule has 0 bridgehead atoms. The van der Waals surface area contributed by atoms with Gasteiger partial charge >= 0.3 is 29.6 Å². The van der Waals surface area contributed by atoms with Crippen LogP contribution in [-0.4, -0.2) is 21.6 Å². The van der Waals surface area contributed by atoms with E-state index in [2.05, 4.69) is 17.1 Å². The summed E-state index contributed by atoms with van der Waals surface area (Å²) in [7, 11) is 0. The van der Waals surface area contributed by atoms with Crippen molar-refractivity contribution in [2.75, 3.05) is 0 Å². The van der Waals surface area contributed by atoms with E-state index in [0.717, 1.165) is 16.5 Å². The Morgan fingerprint density at radius 3 is 2.51 bits per heavy atom. The van der Waals surface area contributed by atoms with Crippen LogP contribution in [0.15, 0.2) is 67.0 Å². The molecule has 0 spiro atoms. The SMILES string of the molecule is CC(C#N)C(C(=O)c1nccc2ccccc12)C(C)[CH-]C(=O)N1C=Cc2ccccc2C1C#N.[Na+]. The van der Waals surface area contributed by atoms with Crippen LogP contribution in [0, 0.1) is 46.8 Å². The van der Waals surface area contributed by atoms with E-state index >= 15 is 0 Å². The number of amides is 1. The van der Waals surface area contributed by atoms with Crippen molar-refractivity contribution < 1.29 is 39.1 Å². The van der Waals surface area contributed by atoms with Crippen LogP contribution in [-0.2, 0) is 4.79 Å². The molecule has 0 radical (unpaired) electrons. The normalized spacial score (nSPS) is 16.6. The topological polar surface area (TPSA) is 97.8 Å². The van der Waals surface area contributed by atoms with E-state index in [1.165, 1.54) is 11.3 Å². The molecule has 0 fully saturated rings. The Morgan fingerprint density at radius 1 is 1.06 bits per heavy atom. The zero-order valence-electron chi connectivity index (χ0n) is 19.9. The van der Waals surface area contributed by atoms with Gasteiger partial charge in [-0.05, 0) is 35.6 Å². The fourth-order valence-electron chi connectivity index (χ4n) is 4.53. The molecule has 35 heavy (non-hydrogen) atoms. The van der Waals surface area contributed by atoms with Gasteiger partial charge in [0.15, 0.2) is 5.78 Å². The predicted octanol–water partition coefficient (Wildman–Crippen LogP) is 2.12.